The number of carbonyl (C=O) groups is 1. The van der Waals surface area contributed by atoms with Crippen molar-refractivity contribution in [2.45, 2.75) is 4.90 Å². The van der Waals surface area contributed by atoms with Crippen molar-refractivity contribution in [2.24, 2.45) is 0 Å². The third-order valence-corrected chi connectivity index (χ3v) is 4.27. The zero-order chi connectivity index (χ0) is 15.9. The molecule has 0 saturated carbocycles. The Morgan fingerprint density at radius 1 is 0.826 bits per heavy atom. The summed E-state index contributed by atoms with van der Waals surface area (Å²) in [7, 11) is 0. The zero-order valence-electron chi connectivity index (χ0n) is 12.5. The fraction of sp³-hybridized carbons (Fsp3) is 0.0500. The summed E-state index contributed by atoms with van der Waals surface area (Å²) in [6.45, 7) is 0. The highest BCUT2D eigenvalue weighted by Crippen LogP contribution is 2.33. The van der Waals surface area contributed by atoms with Crippen molar-refractivity contribution in [2.75, 3.05) is 5.94 Å². The normalized spacial score (nSPS) is 10.3. The van der Waals surface area contributed by atoms with Crippen LogP contribution in [0.1, 0.15) is 10.4 Å². The Morgan fingerprint density at radius 2 is 1.52 bits per heavy atom. The number of thioether (sulfide) groups is 1. The van der Waals surface area contributed by atoms with Gasteiger partial charge in [0, 0.05) is 10.5 Å². The van der Waals surface area contributed by atoms with Gasteiger partial charge >= 0.3 is 0 Å². The van der Waals surface area contributed by atoms with Gasteiger partial charge in [0.15, 0.2) is 6.29 Å². The number of benzene rings is 3. The third kappa shape index (κ3) is 3.82. The van der Waals surface area contributed by atoms with E-state index in [9.17, 15) is 4.79 Å². The fourth-order valence-corrected chi connectivity index (χ4v) is 2.99. The van der Waals surface area contributed by atoms with Crippen LogP contribution in [0.25, 0.3) is 11.1 Å². The van der Waals surface area contributed by atoms with E-state index in [1.165, 1.54) is 0 Å². The van der Waals surface area contributed by atoms with Crippen LogP contribution in [-0.4, -0.2) is 12.2 Å². The molecule has 0 aliphatic heterocycles. The highest BCUT2D eigenvalue weighted by molar-refractivity contribution is 7.99. The maximum absolute atomic E-state index is 11.4. The molecule has 0 amide bonds. The van der Waals surface area contributed by atoms with Gasteiger partial charge in [0.05, 0.1) is 5.56 Å². The van der Waals surface area contributed by atoms with E-state index in [1.807, 2.05) is 72.8 Å². The Kier molecular flexibility index (Phi) is 5.12. The molecule has 0 aromatic heterocycles. The lowest BCUT2D eigenvalue weighted by atomic mass is 10.0. The van der Waals surface area contributed by atoms with Crippen LogP contribution in [0.15, 0.2) is 83.8 Å². The molecule has 3 heteroatoms. The Hall–Kier alpha value is -2.52. The first-order valence-corrected chi connectivity index (χ1v) is 8.31. The van der Waals surface area contributed by atoms with Crippen molar-refractivity contribution in [1.82, 2.24) is 0 Å². The predicted octanol–water partition coefficient (Wildman–Crippen LogP) is 5.29. The molecule has 0 N–H and O–H groups in total. The van der Waals surface area contributed by atoms with Gasteiger partial charge in [-0.3, -0.25) is 4.79 Å². The number of carbonyl (C=O) groups excluding carboxylic acids is 1. The van der Waals surface area contributed by atoms with Crippen molar-refractivity contribution in [3.63, 3.8) is 0 Å². The van der Waals surface area contributed by atoms with Crippen LogP contribution in [0.3, 0.4) is 0 Å². The first-order chi connectivity index (χ1) is 11.4. The van der Waals surface area contributed by atoms with Crippen LogP contribution < -0.4 is 4.74 Å². The summed E-state index contributed by atoms with van der Waals surface area (Å²) in [4.78, 5) is 12.5. The van der Waals surface area contributed by atoms with Gasteiger partial charge in [-0.25, -0.2) is 0 Å². The average molecular weight is 320 g/mol. The summed E-state index contributed by atoms with van der Waals surface area (Å²) in [5.41, 5.74) is 2.54. The van der Waals surface area contributed by atoms with E-state index in [0.717, 1.165) is 22.3 Å². The molecule has 0 unspecified atom stereocenters. The van der Waals surface area contributed by atoms with E-state index in [2.05, 4.69) is 0 Å². The fourth-order valence-electron chi connectivity index (χ4n) is 2.33. The van der Waals surface area contributed by atoms with Gasteiger partial charge in [-0.1, -0.05) is 72.4 Å². The van der Waals surface area contributed by atoms with Crippen molar-refractivity contribution in [3.05, 3.63) is 84.4 Å². The summed E-state index contributed by atoms with van der Waals surface area (Å²) in [6.07, 6.45) is 0.842. The van der Waals surface area contributed by atoms with E-state index >= 15 is 0 Å². The second-order valence-corrected chi connectivity index (χ2v) is 5.92. The molecule has 114 valence electrons. The smallest absolute Gasteiger partial charge is 0.153 e. The molecule has 0 bridgehead atoms. The first kappa shape index (κ1) is 15.4. The van der Waals surface area contributed by atoms with Crippen molar-refractivity contribution in [3.8, 4) is 16.9 Å². The third-order valence-electron chi connectivity index (χ3n) is 3.43. The minimum atomic E-state index is 0.453. The van der Waals surface area contributed by atoms with Crippen LogP contribution >= 0.6 is 11.8 Å². The van der Waals surface area contributed by atoms with Crippen molar-refractivity contribution in [1.29, 1.82) is 0 Å². The first-order valence-electron chi connectivity index (χ1n) is 7.33. The number of para-hydroxylation sites is 1. The lowest BCUT2D eigenvalue weighted by Crippen LogP contribution is -1.99. The van der Waals surface area contributed by atoms with E-state index in [0.29, 0.717) is 17.3 Å². The standard InChI is InChI=1S/C20H16O2S/c21-14-17-10-7-13-19(16-8-3-1-4-9-16)20(17)22-15-23-18-11-5-2-6-12-18/h1-14H,15H2. The Bertz CT molecular complexity index is 770. The summed E-state index contributed by atoms with van der Waals surface area (Å²) >= 11 is 1.60. The number of hydrogen-bond donors (Lipinski definition) is 0. The molecule has 0 saturated heterocycles. The lowest BCUT2D eigenvalue weighted by molar-refractivity contribution is 0.112. The molecule has 0 fully saturated rings. The van der Waals surface area contributed by atoms with E-state index in [1.54, 1.807) is 17.8 Å². The number of aldehydes is 1. The number of ether oxygens (including phenoxy) is 1. The highest BCUT2D eigenvalue weighted by atomic mass is 32.2. The molecule has 0 atom stereocenters. The molecule has 0 aliphatic rings. The zero-order valence-corrected chi connectivity index (χ0v) is 13.3. The summed E-state index contributed by atoms with van der Waals surface area (Å²) in [6, 6.07) is 25.7. The van der Waals surface area contributed by atoms with Crippen molar-refractivity contribution < 1.29 is 9.53 Å². The van der Waals surface area contributed by atoms with Crippen LogP contribution in [0.4, 0.5) is 0 Å². The van der Waals surface area contributed by atoms with Gasteiger partial charge in [0.1, 0.15) is 11.7 Å². The van der Waals surface area contributed by atoms with Crippen LogP contribution in [0.2, 0.25) is 0 Å². The highest BCUT2D eigenvalue weighted by Gasteiger charge is 2.11. The topological polar surface area (TPSA) is 26.3 Å². The second-order valence-electron chi connectivity index (χ2n) is 4.93. The Labute approximate surface area is 140 Å². The molecule has 0 aliphatic carbocycles. The quantitative estimate of drug-likeness (QED) is 0.350. The molecular weight excluding hydrogens is 304 g/mol. The van der Waals surface area contributed by atoms with E-state index in [-0.39, 0.29) is 0 Å². The number of rotatable bonds is 6. The maximum Gasteiger partial charge on any atom is 0.153 e. The predicted molar refractivity (Wildman–Crippen MR) is 95.1 cm³/mol. The average Bonchev–Trinajstić information content (AvgIpc) is 2.63. The molecule has 3 aromatic rings. The van der Waals surface area contributed by atoms with Crippen LogP contribution in [-0.2, 0) is 0 Å². The largest absolute Gasteiger partial charge is 0.481 e. The molecule has 2 nitrogen and oxygen atoms in total. The molecule has 3 rings (SSSR count). The molecule has 0 radical (unpaired) electrons. The summed E-state index contributed by atoms with van der Waals surface area (Å²) < 4.78 is 5.95. The summed E-state index contributed by atoms with van der Waals surface area (Å²) in [5, 5.41) is 0. The minimum absolute atomic E-state index is 0.453. The van der Waals surface area contributed by atoms with Gasteiger partial charge in [-0.05, 0) is 23.8 Å². The SMILES string of the molecule is O=Cc1cccc(-c2ccccc2)c1OCSc1ccccc1. The molecule has 3 aromatic carbocycles. The maximum atomic E-state index is 11.4. The minimum Gasteiger partial charge on any atom is -0.481 e. The Morgan fingerprint density at radius 3 is 2.22 bits per heavy atom. The second kappa shape index (κ2) is 7.65. The summed E-state index contributed by atoms with van der Waals surface area (Å²) in [5.74, 6) is 1.09. The van der Waals surface area contributed by atoms with E-state index in [4.69, 9.17) is 4.74 Å². The van der Waals surface area contributed by atoms with Gasteiger partial charge in [-0.2, -0.15) is 0 Å². The molecule has 23 heavy (non-hydrogen) atoms. The molecular formula is C20H16O2S. The van der Waals surface area contributed by atoms with Gasteiger partial charge in [0.2, 0.25) is 0 Å². The van der Waals surface area contributed by atoms with Crippen LogP contribution in [0, 0.1) is 0 Å². The Balaban J connectivity index is 1.84. The van der Waals surface area contributed by atoms with Gasteiger partial charge in [0.25, 0.3) is 0 Å². The van der Waals surface area contributed by atoms with Gasteiger partial charge < -0.3 is 4.74 Å². The van der Waals surface area contributed by atoms with Crippen LogP contribution in [0.5, 0.6) is 5.75 Å². The van der Waals surface area contributed by atoms with Gasteiger partial charge in [-0.15, -0.1) is 0 Å². The lowest BCUT2D eigenvalue weighted by Gasteiger charge is -2.13. The monoisotopic (exact) mass is 320 g/mol. The van der Waals surface area contributed by atoms with Crippen molar-refractivity contribution >= 4 is 18.0 Å². The number of hydrogen-bond acceptors (Lipinski definition) is 3. The molecule has 0 spiro atoms. The molecule has 0 heterocycles. The van der Waals surface area contributed by atoms with E-state index < -0.39 is 0 Å².